The topological polar surface area (TPSA) is 325 Å². The van der Waals surface area contributed by atoms with Gasteiger partial charge in [0.25, 0.3) is 0 Å². The molecule has 6 rings (SSSR count). The van der Waals surface area contributed by atoms with Crippen LogP contribution >= 0.6 is 0 Å². The lowest BCUT2D eigenvalue weighted by atomic mass is 9.99. The van der Waals surface area contributed by atoms with E-state index >= 15 is 0 Å². The van der Waals surface area contributed by atoms with Gasteiger partial charge in [-0.3, -0.25) is 4.79 Å². The molecule has 3 fully saturated rings. The number of aromatic hydroxyl groups is 1. The molecule has 0 saturated carbocycles. The predicted octanol–water partition coefficient (Wildman–Crippen LogP) is -3.15. The zero-order valence-electron chi connectivity index (χ0n) is 27.7. The van der Waals surface area contributed by atoms with Crippen molar-refractivity contribution in [3.63, 3.8) is 0 Å². The lowest BCUT2D eigenvalue weighted by molar-refractivity contribution is -0.273. The van der Waals surface area contributed by atoms with Crippen LogP contribution in [0.5, 0.6) is 23.0 Å². The summed E-state index contributed by atoms with van der Waals surface area (Å²) in [4.78, 5) is 24.7. The number of aliphatic carboxylic acids is 1. The molecule has 0 spiro atoms. The lowest BCUT2D eigenvalue weighted by Crippen LogP contribution is -2.61. The van der Waals surface area contributed by atoms with Crippen LogP contribution in [0.15, 0.2) is 45.6 Å². The Kier molecular flexibility index (Phi) is 10.9. The first-order chi connectivity index (χ1) is 25.0. The largest absolute Gasteiger partial charge is 0.507 e. The summed E-state index contributed by atoms with van der Waals surface area (Å²) in [5.74, 6) is -3.24. The maximum absolute atomic E-state index is 13.2. The van der Waals surface area contributed by atoms with Crippen molar-refractivity contribution in [1.29, 1.82) is 0 Å². The number of fused-ring (bicyclic) bond motifs is 1. The summed E-state index contributed by atoms with van der Waals surface area (Å²) < 4.78 is 39.3. The number of hydrogen-bond donors (Lipinski definition) is 11. The number of rotatable bonds is 8. The van der Waals surface area contributed by atoms with Crippen molar-refractivity contribution in [1.82, 2.24) is 0 Å². The molecule has 1 aromatic heterocycles. The number of phenols is 1. The van der Waals surface area contributed by atoms with E-state index in [0.717, 1.165) is 18.2 Å². The molecule has 53 heavy (non-hydrogen) atoms. The number of carbonyl (C=O) groups is 1. The number of aliphatic hydroxyl groups excluding tert-OH is 9. The third-order valence-electron chi connectivity index (χ3n) is 9.18. The molecule has 0 unspecified atom stereocenters. The molecule has 0 aliphatic carbocycles. The number of ether oxygens (including phenoxy) is 6. The number of hydrogen-bond acceptors (Lipinski definition) is 19. The summed E-state index contributed by atoms with van der Waals surface area (Å²) in [6, 6.07) is 6.93. The zero-order valence-corrected chi connectivity index (χ0v) is 27.7. The Bertz CT molecular complexity index is 1870. The van der Waals surface area contributed by atoms with E-state index in [-0.39, 0.29) is 39.5 Å². The number of carboxylic acid groups (broad SMARTS) is 1. The minimum Gasteiger partial charge on any atom is -0.507 e. The maximum atomic E-state index is 13.2. The normalized spacial score (nSPS) is 37.6. The van der Waals surface area contributed by atoms with Crippen LogP contribution in [0.1, 0.15) is 13.8 Å². The fourth-order valence-corrected chi connectivity index (χ4v) is 6.06. The maximum Gasteiger partial charge on any atom is 0.335 e. The van der Waals surface area contributed by atoms with Gasteiger partial charge in [-0.25, -0.2) is 4.79 Å². The van der Waals surface area contributed by atoms with Gasteiger partial charge in [0.2, 0.25) is 18.9 Å². The van der Waals surface area contributed by atoms with Crippen LogP contribution in [0, 0.1) is 0 Å². The summed E-state index contributed by atoms with van der Waals surface area (Å²) in [6.45, 7) is 2.84. The van der Waals surface area contributed by atoms with Crippen LogP contribution in [0.2, 0.25) is 0 Å². The Labute approximate surface area is 297 Å². The third kappa shape index (κ3) is 7.36. The van der Waals surface area contributed by atoms with E-state index < -0.39 is 109 Å². The number of phenolic OH excluding ortho intramolecular Hbond substituents is 1. The van der Waals surface area contributed by atoms with Crippen LogP contribution in [0.25, 0.3) is 22.3 Å². The first kappa shape index (κ1) is 38.6. The molecule has 20 heteroatoms. The summed E-state index contributed by atoms with van der Waals surface area (Å²) in [6.07, 6.45) is -24.7. The lowest BCUT2D eigenvalue weighted by Gasteiger charge is -2.40. The molecule has 15 atom stereocenters. The number of benzene rings is 2. The van der Waals surface area contributed by atoms with E-state index in [1.165, 1.54) is 32.0 Å². The second-order valence-corrected chi connectivity index (χ2v) is 12.9. The molecule has 0 radical (unpaired) electrons. The van der Waals surface area contributed by atoms with Gasteiger partial charge >= 0.3 is 5.97 Å². The molecule has 0 amide bonds. The third-order valence-corrected chi connectivity index (χ3v) is 9.18. The highest BCUT2D eigenvalue weighted by Gasteiger charge is 2.49. The van der Waals surface area contributed by atoms with Gasteiger partial charge in [0.1, 0.15) is 83.2 Å². The average Bonchev–Trinajstić information content (AvgIpc) is 3.11. The molecule has 3 aromatic rings. The summed E-state index contributed by atoms with van der Waals surface area (Å²) >= 11 is 0. The molecule has 0 bridgehead atoms. The van der Waals surface area contributed by atoms with Crippen molar-refractivity contribution in [2.45, 2.75) is 106 Å². The van der Waals surface area contributed by atoms with Gasteiger partial charge in [0, 0.05) is 23.8 Å². The average molecular weight is 755 g/mol. The second kappa shape index (κ2) is 14.9. The van der Waals surface area contributed by atoms with Crippen LogP contribution in [0.4, 0.5) is 0 Å². The zero-order chi connectivity index (χ0) is 38.6. The number of carboxylic acids is 1. The highest BCUT2D eigenvalue weighted by Crippen LogP contribution is 2.39. The quantitative estimate of drug-likeness (QED) is 0.108. The summed E-state index contributed by atoms with van der Waals surface area (Å²) in [7, 11) is 0. The highest BCUT2D eigenvalue weighted by atomic mass is 16.7. The molecule has 3 saturated heterocycles. The summed E-state index contributed by atoms with van der Waals surface area (Å²) in [5.41, 5.74) is -0.954. The molecular formula is C33H38O20. The predicted molar refractivity (Wildman–Crippen MR) is 170 cm³/mol. The van der Waals surface area contributed by atoms with E-state index in [1.807, 2.05) is 0 Å². The van der Waals surface area contributed by atoms with Crippen LogP contribution in [-0.2, 0) is 19.0 Å². The van der Waals surface area contributed by atoms with Gasteiger partial charge in [0.05, 0.1) is 12.2 Å². The number of aliphatic hydroxyl groups is 9. The van der Waals surface area contributed by atoms with Gasteiger partial charge in [-0.05, 0) is 32.0 Å². The Hall–Kier alpha value is -4.16. The standard InChI is InChI=1S/C33H38O20/c1-9-20(36)22(38)26(42)31(47-9)51-15-4-3-11(5-17(15)52-32-27(43)23(39)21(37)10(2)48-32)16-8-14(35)19-13(34)6-12(7-18(19)50-16)49-33-28(44)24(40)25(41)29(53-33)30(45)46/h3-10,20-29,31-34,36-44H,1-2H3,(H,45,46)/t9-,10-,20-,21-,22+,23-,24-,25-,26-,27-,28-,29-,31-,32-,33+/m0/s1. The van der Waals surface area contributed by atoms with Gasteiger partial charge in [-0.2, -0.15) is 0 Å². The summed E-state index contributed by atoms with van der Waals surface area (Å²) in [5, 5.41) is 112. The smallest absolute Gasteiger partial charge is 0.335 e. The van der Waals surface area contributed by atoms with Gasteiger partial charge in [-0.15, -0.1) is 0 Å². The van der Waals surface area contributed by atoms with E-state index in [1.54, 1.807) is 0 Å². The van der Waals surface area contributed by atoms with Crippen molar-refractivity contribution in [3.05, 3.63) is 46.6 Å². The van der Waals surface area contributed by atoms with Crippen LogP contribution < -0.4 is 19.6 Å². The second-order valence-electron chi connectivity index (χ2n) is 12.9. The van der Waals surface area contributed by atoms with Gasteiger partial charge in [0.15, 0.2) is 23.0 Å². The first-order valence-corrected chi connectivity index (χ1v) is 16.2. The minimum absolute atomic E-state index is 0.0949. The Balaban J connectivity index is 1.36. The van der Waals surface area contributed by atoms with Crippen molar-refractivity contribution in [2.24, 2.45) is 0 Å². The molecule has 3 aliphatic rings. The van der Waals surface area contributed by atoms with E-state index in [0.29, 0.717) is 0 Å². The van der Waals surface area contributed by atoms with Crippen molar-refractivity contribution < 1.29 is 93.8 Å². The van der Waals surface area contributed by atoms with Crippen molar-refractivity contribution >= 4 is 16.9 Å². The van der Waals surface area contributed by atoms with E-state index in [9.17, 15) is 65.8 Å². The van der Waals surface area contributed by atoms with Gasteiger partial charge < -0.3 is 89.0 Å². The van der Waals surface area contributed by atoms with Crippen molar-refractivity contribution in [2.75, 3.05) is 0 Å². The SMILES string of the molecule is C[C@@H]1O[C@@H](Oc2cc(-c3cc(=O)c4c(O)cc(O[C@@H]5O[C@H](C(=O)O)[C@@H](O)[C@H](O)[C@@H]5O)cc4o3)ccc2O[C@@H]2O[C@@H](C)[C@H](O)[C@@H](O)[C@@H]2O)[C@@H](O)[C@@H](O)[C@H]1O. The Morgan fingerprint density at radius 2 is 1.15 bits per heavy atom. The monoisotopic (exact) mass is 754 g/mol. The molecule has 11 N–H and O–H groups in total. The fraction of sp³-hybridized carbons (Fsp3) is 0.515. The molecular weight excluding hydrogens is 716 g/mol. The van der Waals surface area contributed by atoms with E-state index in [2.05, 4.69) is 0 Å². The molecule has 2 aromatic carbocycles. The minimum atomic E-state index is -1.99. The van der Waals surface area contributed by atoms with Gasteiger partial charge in [-0.1, -0.05) is 0 Å². The first-order valence-electron chi connectivity index (χ1n) is 16.2. The van der Waals surface area contributed by atoms with Crippen molar-refractivity contribution in [3.8, 4) is 34.3 Å². The molecule has 20 nitrogen and oxygen atoms in total. The molecule has 3 aliphatic heterocycles. The Morgan fingerprint density at radius 1 is 0.623 bits per heavy atom. The molecule has 4 heterocycles. The Morgan fingerprint density at radius 3 is 1.72 bits per heavy atom. The highest BCUT2D eigenvalue weighted by molar-refractivity contribution is 5.86. The van der Waals surface area contributed by atoms with Crippen LogP contribution in [-0.4, -0.2) is 154 Å². The van der Waals surface area contributed by atoms with Crippen LogP contribution in [0.3, 0.4) is 0 Å². The van der Waals surface area contributed by atoms with E-state index in [4.69, 9.17) is 32.8 Å². The fourth-order valence-electron chi connectivity index (χ4n) is 6.06. The molecule has 290 valence electrons.